The van der Waals surface area contributed by atoms with Crippen molar-refractivity contribution in [3.05, 3.63) is 0 Å². The van der Waals surface area contributed by atoms with E-state index in [1.54, 1.807) is 0 Å². The summed E-state index contributed by atoms with van der Waals surface area (Å²) in [6.45, 7) is 13.8. The first-order chi connectivity index (χ1) is 11.7. The number of unbranched alkanes of at least 4 members (excludes halogenated alkanes) is 8. The zero-order valence-electron chi connectivity index (χ0n) is 18.1. The van der Waals surface area contributed by atoms with Crippen molar-refractivity contribution in [3.8, 4) is 0 Å². The number of hydrogen-bond donors (Lipinski definition) is 1. The van der Waals surface area contributed by atoms with Crippen molar-refractivity contribution in [1.82, 2.24) is 0 Å². The lowest BCUT2D eigenvalue weighted by Crippen LogP contribution is -2.43. The molecule has 0 heterocycles. The highest BCUT2D eigenvalue weighted by Crippen LogP contribution is 2.41. The Kier molecular flexibility index (Phi) is 10.3. The zero-order chi connectivity index (χ0) is 18.9. The van der Waals surface area contributed by atoms with Crippen LogP contribution in [-0.2, 0) is 4.43 Å². The Morgan fingerprint density at radius 2 is 1.40 bits per heavy atom. The first-order valence-corrected chi connectivity index (χ1v) is 13.9. The molecule has 0 aromatic heterocycles. The van der Waals surface area contributed by atoms with E-state index in [4.69, 9.17) is 4.43 Å². The highest BCUT2D eigenvalue weighted by molar-refractivity contribution is 6.74. The fraction of sp³-hybridized carbons (Fsp3) is 1.00. The lowest BCUT2D eigenvalue weighted by Gasteiger charge is -2.38. The van der Waals surface area contributed by atoms with Crippen molar-refractivity contribution >= 4 is 8.32 Å². The molecule has 1 aliphatic rings. The van der Waals surface area contributed by atoms with Crippen molar-refractivity contribution in [1.29, 1.82) is 0 Å². The van der Waals surface area contributed by atoms with E-state index in [9.17, 15) is 5.11 Å². The fourth-order valence-electron chi connectivity index (χ4n) is 3.77. The summed E-state index contributed by atoms with van der Waals surface area (Å²) in [7, 11) is -1.70. The maximum Gasteiger partial charge on any atom is 0.192 e. The van der Waals surface area contributed by atoms with Gasteiger partial charge in [0.25, 0.3) is 0 Å². The number of aliphatic hydroxyl groups excluding tert-OH is 1. The zero-order valence-corrected chi connectivity index (χ0v) is 19.1. The standard InChI is InChI=1S/C22H46O2Si/c1-7-8-9-10-11-12-13-14-15-16-19-17-20(18-21(19)23)24-25(5,6)22(2,3)4/h19-21,23H,7-18H2,1-6H3/t19-,20?,21-/m0/s1. The Balaban J connectivity index is 2.16. The van der Waals surface area contributed by atoms with E-state index in [0.29, 0.717) is 12.0 Å². The number of aliphatic hydroxyl groups is 1. The lowest BCUT2D eigenvalue weighted by atomic mass is 9.97. The monoisotopic (exact) mass is 370 g/mol. The van der Waals surface area contributed by atoms with Crippen molar-refractivity contribution in [2.24, 2.45) is 5.92 Å². The van der Waals surface area contributed by atoms with Gasteiger partial charge in [0, 0.05) is 6.10 Å². The van der Waals surface area contributed by atoms with E-state index >= 15 is 0 Å². The van der Waals surface area contributed by atoms with Crippen LogP contribution < -0.4 is 0 Å². The molecule has 3 heteroatoms. The number of hydrogen-bond acceptors (Lipinski definition) is 2. The molecular weight excluding hydrogens is 324 g/mol. The van der Waals surface area contributed by atoms with Gasteiger partial charge in [0.15, 0.2) is 8.32 Å². The summed E-state index contributed by atoms with van der Waals surface area (Å²) in [5, 5.41) is 10.7. The van der Waals surface area contributed by atoms with Crippen LogP contribution in [0, 0.1) is 5.92 Å². The van der Waals surface area contributed by atoms with E-state index in [-0.39, 0.29) is 11.1 Å². The van der Waals surface area contributed by atoms with Gasteiger partial charge in [-0.2, -0.15) is 0 Å². The molecule has 150 valence electrons. The summed E-state index contributed by atoms with van der Waals surface area (Å²) in [6.07, 6.45) is 15.6. The van der Waals surface area contributed by atoms with Crippen LogP contribution in [0.2, 0.25) is 18.1 Å². The lowest BCUT2D eigenvalue weighted by molar-refractivity contribution is 0.117. The van der Waals surface area contributed by atoms with Crippen LogP contribution >= 0.6 is 0 Å². The molecule has 1 N–H and O–H groups in total. The normalized spacial score (nSPS) is 24.8. The quantitative estimate of drug-likeness (QED) is 0.294. The van der Waals surface area contributed by atoms with Crippen LogP contribution in [0.5, 0.6) is 0 Å². The van der Waals surface area contributed by atoms with Crippen LogP contribution in [0.4, 0.5) is 0 Å². The van der Waals surface area contributed by atoms with Crippen molar-refractivity contribution < 1.29 is 9.53 Å². The number of rotatable bonds is 12. The van der Waals surface area contributed by atoms with Crippen molar-refractivity contribution in [2.45, 2.75) is 135 Å². The van der Waals surface area contributed by atoms with Gasteiger partial charge in [0.1, 0.15) is 0 Å². The highest BCUT2D eigenvalue weighted by Gasteiger charge is 2.42. The maximum atomic E-state index is 10.4. The molecule has 1 unspecified atom stereocenters. The molecule has 0 bridgehead atoms. The molecule has 25 heavy (non-hydrogen) atoms. The minimum atomic E-state index is -1.70. The molecule has 1 saturated carbocycles. The Morgan fingerprint density at radius 1 is 0.880 bits per heavy atom. The second-order valence-corrected chi connectivity index (χ2v) is 14.7. The molecule has 0 radical (unpaired) electrons. The van der Waals surface area contributed by atoms with Gasteiger partial charge in [-0.05, 0) is 43.3 Å². The van der Waals surface area contributed by atoms with E-state index < -0.39 is 8.32 Å². The molecule has 0 saturated heterocycles. The van der Waals surface area contributed by atoms with Crippen LogP contribution in [0.15, 0.2) is 0 Å². The second kappa shape index (κ2) is 11.1. The molecule has 0 amide bonds. The van der Waals surface area contributed by atoms with Crippen molar-refractivity contribution in [2.75, 3.05) is 0 Å². The predicted molar refractivity (Wildman–Crippen MR) is 113 cm³/mol. The predicted octanol–water partition coefficient (Wildman–Crippen LogP) is 7.07. The van der Waals surface area contributed by atoms with Gasteiger partial charge in [-0.1, -0.05) is 85.5 Å². The summed E-state index contributed by atoms with van der Waals surface area (Å²) in [5.41, 5.74) is 0. The third kappa shape index (κ3) is 8.58. The first-order valence-electron chi connectivity index (χ1n) is 11.0. The maximum absolute atomic E-state index is 10.4. The molecule has 2 nitrogen and oxygen atoms in total. The van der Waals surface area contributed by atoms with Gasteiger partial charge >= 0.3 is 0 Å². The molecule has 0 aromatic rings. The summed E-state index contributed by atoms with van der Waals surface area (Å²) in [5.74, 6) is 0.472. The average Bonchev–Trinajstić information content (AvgIpc) is 2.83. The van der Waals surface area contributed by atoms with Gasteiger partial charge in [-0.3, -0.25) is 0 Å². The minimum Gasteiger partial charge on any atom is -0.414 e. The van der Waals surface area contributed by atoms with E-state index in [1.807, 2.05) is 0 Å². The van der Waals surface area contributed by atoms with E-state index in [2.05, 4.69) is 40.8 Å². The molecule has 0 aromatic carbocycles. The summed E-state index contributed by atoms with van der Waals surface area (Å²) < 4.78 is 6.53. The second-order valence-electron chi connectivity index (χ2n) is 9.92. The summed E-state index contributed by atoms with van der Waals surface area (Å²) >= 11 is 0. The van der Waals surface area contributed by atoms with Gasteiger partial charge in [-0.25, -0.2) is 0 Å². The molecule has 0 spiro atoms. The molecule has 1 fully saturated rings. The summed E-state index contributed by atoms with van der Waals surface area (Å²) in [4.78, 5) is 0. The SMILES string of the molecule is CCCCCCCCCCC[C@H]1CC(O[Si](C)(C)C(C)(C)C)C[C@@H]1O. The van der Waals surface area contributed by atoms with Gasteiger partial charge in [0.05, 0.1) is 6.10 Å². The third-order valence-electron chi connectivity index (χ3n) is 6.56. The Hall–Kier alpha value is 0.137. The molecule has 0 aliphatic heterocycles. The van der Waals surface area contributed by atoms with Crippen LogP contribution in [0.3, 0.4) is 0 Å². The average molecular weight is 371 g/mol. The van der Waals surface area contributed by atoms with Gasteiger partial charge in [0.2, 0.25) is 0 Å². The first kappa shape index (κ1) is 23.2. The van der Waals surface area contributed by atoms with Gasteiger partial charge in [-0.15, -0.1) is 0 Å². The van der Waals surface area contributed by atoms with Crippen LogP contribution in [0.25, 0.3) is 0 Å². The van der Waals surface area contributed by atoms with Crippen LogP contribution in [0.1, 0.15) is 105 Å². The van der Waals surface area contributed by atoms with E-state index in [1.165, 1.54) is 64.2 Å². The molecular formula is C22H46O2Si. The largest absolute Gasteiger partial charge is 0.414 e. The Morgan fingerprint density at radius 3 is 1.92 bits per heavy atom. The van der Waals surface area contributed by atoms with Crippen LogP contribution in [-0.4, -0.2) is 25.6 Å². The molecule has 3 atom stereocenters. The smallest absolute Gasteiger partial charge is 0.192 e. The fourth-order valence-corrected chi connectivity index (χ4v) is 5.15. The summed E-state index contributed by atoms with van der Waals surface area (Å²) in [6, 6.07) is 0. The Labute approximate surface area is 159 Å². The Bertz CT molecular complexity index is 348. The van der Waals surface area contributed by atoms with Gasteiger partial charge < -0.3 is 9.53 Å². The topological polar surface area (TPSA) is 29.5 Å². The molecule has 1 rings (SSSR count). The third-order valence-corrected chi connectivity index (χ3v) is 11.1. The van der Waals surface area contributed by atoms with Crippen molar-refractivity contribution in [3.63, 3.8) is 0 Å². The molecule has 1 aliphatic carbocycles. The minimum absolute atomic E-state index is 0.135. The van der Waals surface area contributed by atoms with E-state index in [0.717, 1.165) is 12.8 Å². The highest BCUT2D eigenvalue weighted by atomic mass is 28.4.